The Morgan fingerprint density at radius 2 is 2.29 bits per heavy atom. The minimum absolute atomic E-state index is 0.205. The molecule has 0 bridgehead atoms. The minimum atomic E-state index is -0.750. The topological polar surface area (TPSA) is 55.1 Å². The Labute approximate surface area is 91.1 Å². The van der Waals surface area contributed by atoms with Crippen molar-refractivity contribution in [3.05, 3.63) is 15.9 Å². The Morgan fingerprint density at radius 3 is 2.71 bits per heavy atom. The van der Waals surface area contributed by atoms with Gasteiger partial charge in [-0.15, -0.1) is 0 Å². The van der Waals surface area contributed by atoms with Crippen LogP contribution in [0.2, 0.25) is 0 Å². The van der Waals surface area contributed by atoms with Crippen LogP contribution in [0.1, 0.15) is 24.2 Å². The van der Waals surface area contributed by atoms with Gasteiger partial charge in [-0.2, -0.15) is 5.10 Å². The molecule has 1 aromatic heterocycles. The van der Waals surface area contributed by atoms with Gasteiger partial charge in [0.1, 0.15) is 0 Å². The van der Waals surface area contributed by atoms with Crippen molar-refractivity contribution in [2.24, 2.45) is 7.05 Å². The van der Waals surface area contributed by atoms with Gasteiger partial charge in [-0.25, -0.2) is 0 Å². The van der Waals surface area contributed by atoms with Gasteiger partial charge >= 0.3 is 5.97 Å². The van der Waals surface area contributed by atoms with Crippen molar-refractivity contribution < 1.29 is 9.90 Å². The number of carboxylic acids is 1. The van der Waals surface area contributed by atoms with E-state index in [2.05, 4.69) is 21.0 Å². The zero-order valence-electron chi connectivity index (χ0n) is 8.25. The first kappa shape index (κ1) is 11.2. The second kappa shape index (κ2) is 4.59. The lowest BCUT2D eigenvalue weighted by Gasteiger charge is -2.00. The molecule has 14 heavy (non-hydrogen) atoms. The Morgan fingerprint density at radius 1 is 1.64 bits per heavy atom. The summed E-state index contributed by atoms with van der Waals surface area (Å²) in [4.78, 5) is 10.3. The standard InChI is InChI=1S/C9H13BrN2O2/c1-6-9(10)7(12(2)11-6)4-3-5-8(13)14/h3-5H2,1-2H3,(H,13,14). The smallest absolute Gasteiger partial charge is 0.303 e. The molecule has 1 N–H and O–H groups in total. The van der Waals surface area contributed by atoms with Crippen LogP contribution in [0.4, 0.5) is 0 Å². The van der Waals surface area contributed by atoms with Gasteiger partial charge in [0.05, 0.1) is 15.9 Å². The van der Waals surface area contributed by atoms with E-state index < -0.39 is 5.97 Å². The van der Waals surface area contributed by atoms with Gasteiger partial charge in [0.25, 0.3) is 0 Å². The van der Waals surface area contributed by atoms with E-state index >= 15 is 0 Å². The Bertz CT molecular complexity index is 347. The molecule has 0 aliphatic carbocycles. The van der Waals surface area contributed by atoms with E-state index in [1.54, 1.807) is 4.68 Å². The molecule has 5 heteroatoms. The van der Waals surface area contributed by atoms with Crippen molar-refractivity contribution in [3.8, 4) is 0 Å². The summed E-state index contributed by atoms with van der Waals surface area (Å²) in [6.45, 7) is 1.92. The molecule has 0 atom stereocenters. The molecule has 0 aliphatic rings. The van der Waals surface area contributed by atoms with Crippen LogP contribution in [0.25, 0.3) is 0 Å². The summed E-state index contributed by atoms with van der Waals surface area (Å²) < 4.78 is 2.78. The largest absolute Gasteiger partial charge is 0.481 e. The molecule has 0 fully saturated rings. The van der Waals surface area contributed by atoms with Gasteiger partial charge in [-0.1, -0.05) is 0 Å². The maximum atomic E-state index is 10.3. The first-order valence-corrected chi connectivity index (χ1v) is 5.21. The summed E-state index contributed by atoms with van der Waals surface area (Å²) in [7, 11) is 1.87. The first-order valence-electron chi connectivity index (χ1n) is 4.42. The van der Waals surface area contributed by atoms with Gasteiger partial charge in [-0.3, -0.25) is 9.48 Å². The number of halogens is 1. The number of hydrogen-bond donors (Lipinski definition) is 1. The maximum Gasteiger partial charge on any atom is 0.303 e. The average Bonchev–Trinajstić information content (AvgIpc) is 2.31. The highest BCUT2D eigenvalue weighted by Gasteiger charge is 2.10. The summed E-state index contributed by atoms with van der Waals surface area (Å²) in [5.74, 6) is -0.750. The SMILES string of the molecule is Cc1nn(C)c(CCCC(=O)O)c1Br. The van der Waals surface area contributed by atoms with Crippen LogP contribution in [0.3, 0.4) is 0 Å². The number of aromatic nitrogens is 2. The molecule has 1 heterocycles. The van der Waals surface area contributed by atoms with Gasteiger partial charge in [-0.05, 0) is 35.7 Å². The molecular weight excluding hydrogens is 248 g/mol. The summed E-state index contributed by atoms with van der Waals surface area (Å²) >= 11 is 3.44. The Hall–Kier alpha value is -0.840. The second-order valence-corrected chi connectivity index (χ2v) is 4.01. The first-order chi connectivity index (χ1) is 6.52. The lowest BCUT2D eigenvalue weighted by Crippen LogP contribution is -2.01. The third-order valence-corrected chi connectivity index (χ3v) is 3.10. The molecule has 78 valence electrons. The molecule has 1 aromatic rings. The van der Waals surface area contributed by atoms with E-state index in [-0.39, 0.29) is 6.42 Å². The van der Waals surface area contributed by atoms with Gasteiger partial charge in [0.2, 0.25) is 0 Å². The molecule has 0 aliphatic heterocycles. The van der Waals surface area contributed by atoms with Gasteiger partial charge in [0, 0.05) is 13.5 Å². The van der Waals surface area contributed by atoms with Crippen LogP contribution in [-0.2, 0) is 18.3 Å². The fourth-order valence-electron chi connectivity index (χ4n) is 1.36. The zero-order chi connectivity index (χ0) is 10.7. The van der Waals surface area contributed by atoms with Gasteiger partial charge in [0.15, 0.2) is 0 Å². The number of aliphatic carboxylic acids is 1. The predicted molar refractivity (Wildman–Crippen MR) is 56.2 cm³/mol. The van der Waals surface area contributed by atoms with E-state index in [9.17, 15) is 4.79 Å². The van der Waals surface area contributed by atoms with E-state index in [1.165, 1.54) is 0 Å². The number of aryl methyl sites for hydroxylation is 2. The number of carbonyl (C=O) groups is 1. The normalized spacial score (nSPS) is 10.5. The van der Waals surface area contributed by atoms with E-state index in [0.29, 0.717) is 6.42 Å². The van der Waals surface area contributed by atoms with Crippen molar-refractivity contribution in [2.45, 2.75) is 26.2 Å². The van der Waals surface area contributed by atoms with Crippen LogP contribution in [-0.4, -0.2) is 20.9 Å². The summed E-state index contributed by atoms with van der Waals surface area (Å²) in [6.07, 6.45) is 1.59. The van der Waals surface area contributed by atoms with Crippen molar-refractivity contribution in [2.75, 3.05) is 0 Å². The highest BCUT2D eigenvalue weighted by atomic mass is 79.9. The molecular formula is C9H13BrN2O2. The van der Waals surface area contributed by atoms with E-state index in [4.69, 9.17) is 5.11 Å². The maximum absolute atomic E-state index is 10.3. The second-order valence-electron chi connectivity index (χ2n) is 3.22. The highest BCUT2D eigenvalue weighted by molar-refractivity contribution is 9.10. The van der Waals surface area contributed by atoms with Crippen molar-refractivity contribution >= 4 is 21.9 Å². The van der Waals surface area contributed by atoms with E-state index in [1.807, 2.05) is 14.0 Å². The number of carboxylic acid groups (broad SMARTS) is 1. The van der Waals surface area contributed by atoms with Crippen LogP contribution < -0.4 is 0 Å². The predicted octanol–water partition coefficient (Wildman–Crippen LogP) is 1.90. The number of nitrogens with zero attached hydrogens (tertiary/aromatic N) is 2. The summed E-state index contributed by atoms with van der Waals surface area (Å²) in [5, 5.41) is 12.7. The molecule has 0 unspecified atom stereocenters. The molecule has 0 aromatic carbocycles. The van der Waals surface area contributed by atoms with Crippen molar-refractivity contribution in [1.82, 2.24) is 9.78 Å². The molecule has 0 saturated carbocycles. The van der Waals surface area contributed by atoms with Crippen LogP contribution in [0, 0.1) is 6.92 Å². The van der Waals surface area contributed by atoms with Crippen molar-refractivity contribution in [1.29, 1.82) is 0 Å². The lowest BCUT2D eigenvalue weighted by atomic mass is 10.2. The summed E-state index contributed by atoms with van der Waals surface area (Å²) in [5.41, 5.74) is 2.00. The third-order valence-electron chi connectivity index (χ3n) is 2.07. The monoisotopic (exact) mass is 260 g/mol. The van der Waals surface area contributed by atoms with Crippen LogP contribution >= 0.6 is 15.9 Å². The molecule has 4 nitrogen and oxygen atoms in total. The molecule has 0 spiro atoms. The molecule has 1 rings (SSSR count). The molecule has 0 saturated heterocycles. The summed E-state index contributed by atoms with van der Waals surface area (Å²) in [6, 6.07) is 0. The van der Waals surface area contributed by atoms with Crippen LogP contribution in [0.5, 0.6) is 0 Å². The molecule has 0 radical (unpaired) electrons. The fourth-order valence-corrected chi connectivity index (χ4v) is 1.89. The Balaban J connectivity index is 2.62. The highest BCUT2D eigenvalue weighted by Crippen LogP contribution is 2.21. The number of rotatable bonds is 4. The average molecular weight is 261 g/mol. The van der Waals surface area contributed by atoms with Crippen LogP contribution in [0.15, 0.2) is 4.47 Å². The van der Waals surface area contributed by atoms with Gasteiger partial charge < -0.3 is 5.11 Å². The number of hydrogen-bond acceptors (Lipinski definition) is 2. The van der Waals surface area contributed by atoms with E-state index in [0.717, 1.165) is 22.3 Å². The molecule has 0 amide bonds. The minimum Gasteiger partial charge on any atom is -0.481 e. The van der Waals surface area contributed by atoms with Crippen molar-refractivity contribution in [3.63, 3.8) is 0 Å². The Kier molecular flexibility index (Phi) is 3.69. The lowest BCUT2D eigenvalue weighted by molar-refractivity contribution is -0.137. The fraction of sp³-hybridized carbons (Fsp3) is 0.556. The zero-order valence-corrected chi connectivity index (χ0v) is 9.84. The quantitative estimate of drug-likeness (QED) is 0.900. The third kappa shape index (κ3) is 2.57.